The van der Waals surface area contributed by atoms with Crippen molar-refractivity contribution in [3.05, 3.63) is 63.9 Å². The minimum atomic E-state index is -0.228. The summed E-state index contributed by atoms with van der Waals surface area (Å²) >= 11 is 3.41. The van der Waals surface area contributed by atoms with Crippen molar-refractivity contribution in [3.63, 3.8) is 0 Å². The Kier molecular flexibility index (Phi) is 5.76. The molecule has 0 heterocycles. The smallest absolute Gasteiger partial charge is 0.124 e. The van der Waals surface area contributed by atoms with Crippen LogP contribution in [-0.4, -0.2) is 13.7 Å². The van der Waals surface area contributed by atoms with E-state index < -0.39 is 0 Å². The Bertz CT molecular complexity index is 603. The third-order valence-electron chi connectivity index (χ3n) is 3.43. The van der Waals surface area contributed by atoms with Gasteiger partial charge in [-0.3, -0.25) is 0 Å². The Labute approximate surface area is 133 Å². The lowest BCUT2D eigenvalue weighted by atomic mass is 10.1. The van der Waals surface area contributed by atoms with Gasteiger partial charge in [-0.05, 0) is 55.3 Å². The molecule has 0 radical (unpaired) electrons. The second kappa shape index (κ2) is 7.57. The summed E-state index contributed by atoms with van der Waals surface area (Å²) in [6, 6.07) is 13.0. The van der Waals surface area contributed by atoms with Gasteiger partial charge in [0.2, 0.25) is 0 Å². The number of halogens is 2. The molecule has 2 nitrogen and oxygen atoms in total. The minimum absolute atomic E-state index is 0.158. The average Bonchev–Trinajstić information content (AvgIpc) is 2.47. The predicted octanol–water partition coefficient (Wildman–Crippen LogP) is 4.49. The molecule has 1 unspecified atom stereocenters. The van der Waals surface area contributed by atoms with E-state index in [1.165, 1.54) is 17.7 Å². The van der Waals surface area contributed by atoms with Gasteiger partial charge in [0.15, 0.2) is 0 Å². The average molecular weight is 352 g/mol. The van der Waals surface area contributed by atoms with E-state index in [2.05, 4.69) is 34.2 Å². The standard InChI is InChI=1S/C17H19BrFNO/c1-12(16-7-6-14(19)11-17(16)18)20-9-8-13-4-3-5-15(10-13)21-2/h3-7,10-12,20H,8-9H2,1-2H3. The Morgan fingerprint density at radius 1 is 1.24 bits per heavy atom. The van der Waals surface area contributed by atoms with E-state index in [-0.39, 0.29) is 11.9 Å². The second-order valence-electron chi connectivity index (χ2n) is 4.94. The fraction of sp³-hybridized carbons (Fsp3) is 0.294. The first-order chi connectivity index (χ1) is 10.1. The molecule has 0 aliphatic heterocycles. The topological polar surface area (TPSA) is 21.3 Å². The summed E-state index contributed by atoms with van der Waals surface area (Å²) in [5.41, 5.74) is 2.29. The maximum Gasteiger partial charge on any atom is 0.124 e. The molecule has 0 bridgehead atoms. The molecule has 21 heavy (non-hydrogen) atoms. The van der Waals surface area contributed by atoms with Gasteiger partial charge in [0.05, 0.1) is 7.11 Å². The number of hydrogen-bond acceptors (Lipinski definition) is 2. The molecule has 0 aliphatic rings. The van der Waals surface area contributed by atoms with Crippen molar-refractivity contribution in [1.82, 2.24) is 5.32 Å². The Morgan fingerprint density at radius 2 is 2.05 bits per heavy atom. The molecular weight excluding hydrogens is 333 g/mol. The summed E-state index contributed by atoms with van der Waals surface area (Å²) < 4.78 is 19.1. The number of hydrogen-bond donors (Lipinski definition) is 1. The Balaban J connectivity index is 1.90. The summed E-state index contributed by atoms with van der Waals surface area (Å²) in [6.07, 6.45) is 0.917. The summed E-state index contributed by atoms with van der Waals surface area (Å²) in [5, 5.41) is 3.45. The summed E-state index contributed by atoms with van der Waals surface area (Å²) in [6.45, 7) is 2.92. The van der Waals surface area contributed by atoms with Crippen LogP contribution in [0.15, 0.2) is 46.9 Å². The number of ether oxygens (including phenoxy) is 1. The Hall–Kier alpha value is -1.39. The quantitative estimate of drug-likeness (QED) is 0.827. The van der Waals surface area contributed by atoms with Crippen LogP contribution in [0, 0.1) is 5.82 Å². The van der Waals surface area contributed by atoms with Crippen LogP contribution < -0.4 is 10.1 Å². The number of nitrogens with one attached hydrogen (secondary N) is 1. The first kappa shape index (κ1) is 16.0. The molecule has 2 aromatic carbocycles. The zero-order valence-electron chi connectivity index (χ0n) is 12.2. The van der Waals surface area contributed by atoms with E-state index in [0.717, 1.165) is 28.8 Å². The fourth-order valence-corrected chi connectivity index (χ4v) is 2.92. The van der Waals surface area contributed by atoms with E-state index in [9.17, 15) is 4.39 Å². The SMILES string of the molecule is COc1cccc(CCNC(C)c2ccc(F)cc2Br)c1. The molecule has 0 saturated heterocycles. The fourth-order valence-electron chi connectivity index (χ4n) is 2.22. The lowest BCUT2D eigenvalue weighted by Crippen LogP contribution is -2.21. The summed E-state index contributed by atoms with van der Waals surface area (Å²) in [4.78, 5) is 0. The van der Waals surface area contributed by atoms with E-state index >= 15 is 0 Å². The molecule has 0 saturated carbocycles. The molecule has 0 amide bonds. The molecule has 112 valence electrons. The second-order valence-corrected chi connectivity index (χ2v) is 5.80. The summed E-state index contributed by atoms with van der Waals surface area (Å²) in [5.74, 6) is 0.649. The van der Waals surface area contributed by atoms with Crippen LogP contribution in [-0.2, 0) is 6.42 Å². The lowest BCUT2D eigenvalue weighted by molar-refractivity contribution is 0.414. The van der Waals surface area contributed by atoms with Crippen LogP contribution in [0.3, 0.4) is 0 Å². The van der Waals surface area contributed by atoms with Gasteiger partial charge >= 0.3 is 0 Å². The van der Waals surface area contributed by atoms with E-state index in [4.69, 9.17) is 4.74 Å². The third-order valence-corrected chi connectivity index (χ3v) is 4.11. The van der Waals surface area contributed by atoms with E-state index in [1.807, 2.05) is 24.3 Å². The summed E-state index contributed by atoms with van der Waals surface area (Å²) in [7, 11) is 1.67. The number of benzene rings is 2. The first-order valence-electron chi connectivity index (χ1n) is 6.91. The molecule has 2 rings (SSSR count). The normalized spacial score (nSPS) is 12.2. The van der Waals surface area contributed by atoms with Crippen LogP contribution in [0.5, 0.6) is 5.75 Å². The van der Waals surface area contributed by atoms with Crippen LogP contribution in [0.4, 0.5) is 4.39 Å². The lowest BCUT2D eigenvalue weighted by Gasteiger charge is -2.16. The van der Waals surface area contributed by atoms with E-state index in [1.54, 1.807) is 7.11 Å². The Morgan fingerprint density at radius 3 is 2.76 bits per heavy atom. The monoisotopic (exact) mass is 351 g/mol. The molecule has 2 aromatic rings. The van der Waals surface area contributed by atoms with E-state index in [0.29, 0.717) is 0 Å². The van der Waals surface area contributed by atoms with Crippen LogP contribution in [0.2, 0.25) is 0 Å². The zero-order valence-corrected chi connectivity index (χ0v) is 13.8. The molecule has 1 atom stereocenters. The minimum Gasteiger partial charge on any atom is -0.497 e. The van der Waals surface area contributed by atoms with Gasteiger partial charge in [0.1, 0.15) is 11.6 Å². The molecule has 0 aliphatic carbocycles. The maximum atomic E-state index is 13.1. The molecule has 0 spiro atoms. The highest BCUT2D eigenvalue weighted by molar-refractivity contribution is 9.10. The van der Waals surface area contributed by atoms with Crippen LogP contribution in [0.1, 0.15) is 24.1 Å². The van der Waals surface area contributed by atoms with Crippen LogP contribution in [0.25, 0.3) is 0 Å². The maximum absolute atomic E-state index is 13.1. The van der Waals surface area contributed by atoms with Gasteiger partial charge in [-0.2, -0.15) is 0 Å². The predicted molar refractivity (Wildman–Crippen MR) is 87.2 cm³/mol. The highest BCUT2D eigenvalue weighted by Gasteiger charge is 2.09. The van der Waals surface area contributed by atoms with Gasteiger partial charge in [-0.1, -0.05) is 34.1 Å². The van der Waals surface area contributed by atoms with Crippen molar-refractivity contribution in [2.75, 3.05) is 13.7 Å². The number of methoxy groups -OCH3 is 1. The molecule has 1 N–H and O–H groups in total. The molecule has 0 fully saturated rings. The highest BCUT2D eigenvalue weighted by Crippen LogP contribution is 2.24. The highest BCUT2D eigenvalue weighted by atomic mass is 79.9. The van der Waals surface area contributed by atoms with Gasteiger partial charge < -0.3 is 10.1 Å². The molecular formula is C17H19BrFNO. The third kappa shape index (κ3) is 4.55. The van der Waals surface area contributed by atoms with Crippen molar-refractivity contribution in [2.45, 2.75) is 19.4 Å². The van der Waals surface area contributed by atoms with Crippen molar-refractivity contribution in [2.24, 2.45) is 0 Å². The van der Waals surface area contributed by atoms with Crippen molar-refractivity contribution in [3.8, 4) is 5.75 Å². The molecule has 0 aromatic heterocycles. The van der Waals surface area contributed by atoms with Crippen LogP contribution >= 0.6 is 15.9 Å². The van der Waals surface area contributed by atoms with Gasteiger partial charge in [0.25, 0.3) is 0 Å². The molecule has 4 heteroatoms. The van der Waals surface area contributed by atoms with Crippen molar-refractivity contribution in [1.29, 1.82) is 0 Å². The largest absolute Gasteiger partial charge is 0.497 e. The number of rotatable bonds is 6. The van der Waals surface area contributed by atoms with Crippen molar-refractivity contribution < 1.29 is 9.13 Å². The first-order valence-corrected chi connectivity index (χ1v) is 7.70. The van der Waals surface area contributed by atoms with Crippen molar-refractivity contribution >= 4 is 15.9 Å². The van der Waals surface area contributed by atoms with Gasteiger partial charge in [-0.15, -0.1) is 0 Å². The van der Waals surface area contributed by atoms with Gasteiger partial charge in [0, 0.05) is 10.5 Å². The zero-order chi connectivity index (χ0) is 15.2. The van der Waals surface area contributed by atoms with Gasteiger partial charge in [-0.25, -0.2) is 4.39 Å².